The van der Waals surface area contributed by atoms with Crippen molar-refractivity contribution >= 4 is 17.4 Å². The number of anilines is 1. The van der Waals surface area contributed by atoms with E-state index in [0.29, 0.717) is 17.3 Å². The first-order valence-corrected chi connectivity index (χ1v) is 3.45. The molecule has 0 saturated carbocycles. The Labute approximate surface area is 70.4 Å². The highest BCUT2D eigenvalue weighted by atomic mass is 35.5. The van der Waals surface area contributed by atoms with Crippen molar-refractivity contribution < 1.29 is 0 Å². The fourth-order valence-corrected chi connectivity index (χ4v) is 0.924. The molecule has 0 amide bonds. The van der Waals surface area contributed by atoms with Crippen LogP contribution in [-0.2, 0) is 6.42 Å². The summed E-state index contributed by atoms with van der Waals surface area (Å²) in [6.07, 6.45) is 7.07. The number of aromatic nitrogens is 1. The van der Waals surface area contributed by atoms with Gasteiger partial charge >= 0.3 is 0 Å². The van der Waals surface area contributed by atoms with Gasteiger partial charge in [-0.05, 0) is 6.07 Å². The first kappa shape index (κ1) is 7.90. The monoisotopic (exact) mass is 166 g/mol. The van der Waals surface area contributed by atoms with Crippen LogP contribution in [0.25, 0.3) is 0 Å². The Morgan fingerprint density at radius 2 is 2.45 bits per heavy atom. The highest BCUT2D eigenvalue weighted by Gasteiger charge is 1.98. The van der Waals surface area contributed by atoms with Crippen molar-refractivity contribution in [1.29, 1.82) is 0 Å². The van der Waals surface area contributed by atoms with Crippen molar-refractivity contribution in [2.45, 2.75) is 6.42 Å². The molecule has 1 aromatic heterocycles. The van der Waals surface area contributed by atoms with Crippen LogP contribution in [0.5, 0.6) is 0 Å². The van der Waals surface area contributed by atoms with Gasteiger partial charge in [-0.3, -0.25) is 0 Å². The molecule has 0 spiro atoms. The van der Waals surface area contributed by atoms with Crippen LogP contribution in [0.1, 0.15) is 5.56 Å². The average molecular weight is 167 g/mol. The first-order chi connectivity index (χ1) is 5.24. The molecule has 11 heavy (non-hydrogen) atoms. The lowest BCUT2D eigenvalue weighted by molar-refractivity contribution is 1.23. The topological polar surface area (TPSA) is 38.9 Å². The van der Waals surface area contributed by atoms with Crippen molar-refractivity contribution in [2.75, 3.05) is 5.73 Å². The molecule has 0 aromatic carbocycles. The molecule has 1 heterocycles. The maximum Gasteiger partial charge on any atom is 0.127 e. The Bertz CT molecular complexity index is 301. The highest BCUT2D eigenvalue weighted by molar-refractivity contribution is 6.30. The molecule has 0 bridgehead atoms. The van der Waals surface area contributed by atoms with Gasteiger partial charge in [0.25, 0.3) is 0 Å². The lowest BCUT2D eigenvalue weighted by Crippen LogP contribution is -1.96. The summed E-state index contributed by atoms with van der Waals surface area (Å²) in [6, 6.07) is 1.73. The molecule has 1 rings (SSSR count). The summed E-state index contributed by atoms with van der Waals surface area (Å²) in [4.78, 5) is 3.85. The van der Waals surface area contributed by atoms with Crippen molar-refractivity contribution in [3.63, 3.8) is 0 Å². The zero-order chi connectivity index (χ0) is 8.27. The second-order valence-corrected chi connectivity index (χ2v) is 2.52. The van der Waals surface area contributed by atoms with Gasteiger partial charge in [0, 0.05) is 18.2 Å². The summed E-state index contributed by atoms with van der Waals surface area (Å²) in [6.45, 7) is 0. The van der Waals surface area contributed by atoms with E-state index in [1.165, 1.54) is 6.20 Å². The van der Waals surface area contributed by atoms with E-state index >= 15 is 0 Å². The third kappa shape index (κ3) is 1.86. The molecule has 3 heteroatoms. The molecule has 2 nitrogen and oxygen atoms in total. The third-order valence-corrected chi connectivity index (χ3v) is 1.47. The van der Waals surface area contributed by atoms with Crippen LogP contribution in [0.4, 0.5) is 5.82 Å². The molecule has 0 aliphatic heterocycles. The number of nitrogen functional groups attached to an aromatic ring is 1. The number of nitrogens with two attached hydrogens (primary N) is 1. The Morgan fingerprint density at radius 3 is 3.09 bits per heavy atom. The molecule has 1 aromatic rings. The van der Waals surface area contributed by atoms with Gasteiger partial charge in [0.05, 0.1) is 5.02 Å². The third-order valence-electron chi connectivity index (χ3n) is 1.26. The summed E-state index contributed by atoms with van der Waals surface area (Å²) in [5, 5.41) is 0.560. The molecule has 56 valence electrons. The van der Waals surface area contributed by atoms with Crippen LogP contribution in [-0.4, -0.2) is 4.98 Å². The quantitative estimate of drug-likeness (QED) is 0.643. The number of halogens is 1. The minimum absolute atomic E-state index is 0.451. The van der Waals surface area contributed by atoms with E-state index in [9.17, 15) is 0 Å². The normalized spacial score (nSPS) is 9.09. The molecule has 0 aliphatic rings. The van der Waals surface area contributed by atoms with Gasteiger partial charge < -0.3 is 5.73 Å². The highest BCUT2D eigenvalue weighted by Crippen LogP contribution is 2.14. The Hall–Kier alpha value is -1.20. The first-order valence-electron chi connectivity index (χ1n) is 3.07. The minimum atomic E-state index is 0.451. The molecule has 0 aliphatic carbocycles. The maximum absolute atomic E-state index is 5.67. The average Bonchev–Trinajstić information content (AvgIpc) is 1.98. The zero-order valence-electron chi connectivity index (χ0n) is 5.84. The minimum Gasteiger partial charge on any atom is -0.383 e. The molecule has 2 N–H and O–H groups in total. The van der Waals surface area contributed by atoms with Crippen LogP contribution in [0.3, 0.4) is 0 Å². The summed E-state index contributed by atoms with van der Waals surface area (Å²) < 4.78 is 0. The van der Waals surface area contributed by atoms with E-state index in [0.717, 1.165) is 5.56 Å². The van der Waals surface area contributed by atoms with Crippen LogP contribution in [0.15, 0.2) is 12.3 Å². The lowest BCUT2D eigenvalue weighted by Gasteiger charge is -1.99. The van der Waals surface area contributed by atoms with Gasteiger partial charge in [-0.1, -0.05) is 11.6 Å². The van der Waals surface area contributed by atoms with Crippen LogP contribution in [0.2, 0.25) is 5.02 Å². The molecule has 0 unspecified atom stereocenters. The smallest absolute Gasteiger partial charge is 0.127 e. The molecular formula is C8H7ClN2. The van der Waals surface area contributed by atoms with Crippen molar-refractivity contribution in [1.82, 2.24) is 4.98 Å². The largest absolute Gasteiger partial charge is 0.383 e. The summed E-state index contributed by atoms with van der Waals surface area (Å²) >= 11 is 5.67. The number of pyridine rings is 1. The second-order valence-electron chi connectivity index (χ2n) is 2.08. The summed E-state index contributed by atoms with van der Waals surface area (Å²) in [5.41, 5.74) is 6.32. The number of nitrogens with zero attached hydrogens (tertiary/aromatic N) is 1. The maximum atomic E-state index is 5.67. The van der Waals surface area contributed by atoms with Crippen LogP contribution in [0, 0.1) is 12.3 Å². The summed E-state index contributed by atoms with van der Waals surface area (Å²) in [5.74, 6) is 2.92. The molecule has 0 radical (unpaired) electrons. The van der Waals surface area contributed by atoms with Gasteiger partial charge in [-0.25, -0.2) is 4.98 Å². The Morgan fingerprint density at radius 1 is 1.73 bits per heavy atom. The SMILES string of the molecule is C#CCc1cc(Cl)cnc1N. The Balaban J connectivity index is 3.05. The standard InChI is InChI=1S/C8H7ClN2/c1-2-3-6-4-7(9)5-11-8(6)10/h1,4-5H,3H2,(H2,10,11). The van der Waals surface area contributed by atoms with E-state index in [-0.39, 0.29) is 0 Å². The van der Waals surface area contributed by atoms with E-state index in [1.807, 2.05) is 0 Å². The van der Waals surface area contributed by atoms with E-state index < -0.39 is 0 Å². The van der Waals surface area contributed by atoms with Crippen molar-refractivity contribution in [3.05, 3.63) is 22.8 Å². The molecule has 0 atom stereocenters. The fraction of sp³-hybridized carbons (Fsp3) is 0.125. The van der Waals surface area contributed by atoms with Crippen LogP contribution >= 0.6 is 11.6 Å². The van der Waals surface area contributed by atoms with Crippen molar-refractivity contribution in [2.24, 2.45) is 0 Å². The van der Waals surface area contributed by atoms with E-state index in [4.69, 9.17) is 23.8 Å². The van der Waals surface area contributed by atoms with E-state index in [1.54, 1.807) is 6.07 Å². The number of terminal acetylenes is 1. The number of hydrogen-bond donors (Lipinski definition) is 1. The fourth-order valence-electron chi connectivity index (χ4n) is 0.743. The van der Waals surface area contributed by atoms with Gasteiger partial charge in [0.2, 0.25) is 0 Å². The molecule has 0 saturated heterocycles. The number of rotatable bonds is 1. The van der Waals surface area contributed by atoms with Gasteiger partial charge in [0.15, 0.2) is 0 Å². The summed E-state index contributed by atoms with van der Waals surface area (Å²) in [7, 11) is 0. The second kappa shape index (κ2) is 3.27. The number of hydrogen-bond acceptors (Lipinski definition) is 2. The Kier molecular flexibility index (Phi) is 2.35. The molecular weight excluding hydrogens is 160 g/mol. The molecule has 0 fully saturated rings. The predicted octanol–water partition coefficient (Wildman–Crippen LogP) is 1.49. The van der Waals surface area contributed by atoms with Gasteiger partial charge in [-0.2, -0.15) is 0 Å². The van der Waals surface area contributed by atoms with E-state index in [2.05, 4.69) is 10.9 Å². The van der Waals surface area contributed by atoms with Crippen molar-refractivity contribution in [3.8, 4) is 12.3 Å². The van der Waals surface area contributed by atoms with Gasteiger partial charge in [0.1, 0.15) is 5.82 Å². The lowest BCUT2D eigenvalue weighted by atomic mass is 10.2. The van der Waals surface area contributed by atoms with Crippen LogP contribution < -0.4 is 5.73 Å². The zero-order valence-corrected chi connectivity index (χ0v) is 6.60. The van der Waals surface area contributed by atoms with Gasteiger partial charge in [-0.15, -0.1) is 12.3 Å². The predicted molar refractivity (Wildman–Crippen MR) is 46.2 cm³/mol.